The zero-order chi connectivity index (χ0) is 14.4. The normalized spacial score (nSPS) is 16.1. The predicted molar refractivity (Wildman–Crippen MR) is 93.9 cm³/mol. The molecule has 0 bridgehead atoms. The van der Waals surface area contributed by atoms with Crippen LogP contribution in [0.4, 0.5) is 5.69 Å². The third kappa shape index (κ3) is 6.50. The van der Waals surface area contributed by atoms with Gasteiger partial charge >= 0.3 is 0 Å². The first kappa shape index (κ1) is 21.1. The van der Waals surface area contributed by atoms with E-state index in [1.165, 1.54) is 5.56 Å². The lowest BCUT2D eigenvalue weighted by Gasteiger charge is -2.26. The van der Waals surface area contributed by atoms with Gasteiger partial charge in [-0.25, -0.2) is 0 Å². The van der Waals surface area contributed by atoms with Crippen molar-refractivity contribution in [3.05, 3.63) is 29.8 Å². The number of nitrogens with one attached hydrogen (secondary N) is 1. The van der Waals surface area contributed by atoms with Crippen LogP contribution < -0.4 is 11.1 Å². The molecule has 0 aromatic heterocycles. The fourth-order valence-electron chi connectivity index (χ4n) is 2.08. The van der Waals surface area contributed by atoms with Crippen molar-refractivity contribution in [2.75, 3.05) is 38.2 Å². The minimum Gasteiger partial charge on any atom is -0.379 e. The molecule has 5 nitrogen and oxygen atoms in total. The smallest absolute Gasteiger partial charge is 0.228 e. The van der Waals surface area contributed by atoms with E-state index in [1.54, 1.807) is 0 Å². The average Bonchev–Trinajstić information content (AvgIpc) is 2.49. The molecule has 0 radical (unpaired) electrons. The molecule has 1 fully saturated rings. The molecule has 1 heterocycles. The summed E-state index contributed by atoms with van der Waals surface area (Å²) in [5, 5.41) is 2.87. The van der Waals surface area contributed by atoms with Gasteiger partial charge in [-0.05, 0) is 17.7 Å². The molecule has 1 saturated heterocycles. The van der Waals surface area contributed by atoms with Crippen molar-refractivity contribution in [1.82, 2.24) is 4.90 Å². The van der Waals surface area contributed by atoms with Crippen molar-refractivity contribution in [2.24, 2.45) is 11.7 Å². The first-order valence-electron chi connectivity index (χ1n) is 7.09. The highest BCUT2D eigenvalue weighted by Crippen LogP contribution is 2.13. The van der Waals surface area contributed by atoms with Crippen molar-refractivity contribution >= 4 is 36.4 Å². The molecule has 1 amide bonds. The first-order chi connectivity index (χ1) is 9.69. The van der Waals surface area contributed by atoms with Gasteiger partial charge in [0.15, 0.2) is 0 Å². The Kier molecular flexibility index (Phi) is 10.4. The Morgan fingerprint density at radius 3 is 2.41 bits per heavy atom. The van der Waals surface area contributed by atoms with Crippen molar-refractivity contribution in [3.8, 4) is 0 Å². The van der Waals surface area contributed by atoms with Crippen molar-refractivity contribution in [3.63, 3.8) is 0 Å². The van der Waals surface area contributed by atoms with Gasteiger partial charge in [0.05, 0.1) is 13.2 Å². The van der Waals surface area contributed by atoms with Crippen LogP contribution in [0.3, 0.4) is 0 Å². The second kappa shape index (κ2) is 10.8. The predicted octanol–water partition coefficient (Wildman–Crippen LogP) is 1.90. The van der Waals surface area contributed by atoms with Crippen LogP contribution in [0, 0.1) is 5.92 Å². The molecule has 0 aliphatic carbocycles. The summed E-state index contributed by atoms with van der Waals surface area (Å²) in [6.07, 6.45) is 0. The number of morpholine rings is 1. The second-order valence-corrected chi connectivity index (χ2v) is 5.21. The summed E-state index contributed by atoms with van der Waals surface area (Å²) in [4.78, 5) is 14.1. The summed E-state index contributed by atoms with van der Waals surface area (Å²) < 4.78 is 5.33. The number of nitrogens with zero attached hydrogens (tertiary/aromatic N) is 1. The van der Waals surface area contributed by atoms with E-state index in [2.05, 4.69) is 22.3 Å². The van der Waals surface area contributed by atoms with Crippen LogP contribution in [0.5, 0.6) is 0 Å². The molecule has 1 aromatic carbocycles. The Bertz CT molecular complexity index is 437. The summed E-state index contributed by atoms with van der Waals surface area (Å²) >= 11 is 0. The fraction of sp³-hybridized carbons (Fsp3) is 0.533. The Balaban J connectivity index is 0.00000220. The highest BCUT2D eigenvalue weighted by molar-refractivity contribution is 5.92. The van der Waals surface area contributed by atoms with Crippen LogP contribution in [-0.2, 0) is 16.1 Å². The van der Waals surface area contributed by atoms with E-state index in [-0.39, 0.29) is 36.6 Å². The van der Waals surface area contributed by atoms with Gasteiger partial charge in [-0.3, -0.25) is 9.69 Å². The minimum absolute atomic E-state index is 0. The van der Waals surface area contributed by atoms with Gasteiger partial charge in [0.1, 0.15) is 0 Å². The summed E-state index contributed by atoms with van der Waals surface area (Å²) in [5.74, 6) is -0.198. The van der Waals surface area contributed by atoms with Gasteiger partial charge < -0.3 is 15.8 Å². The number of hydrogen-bond donors (Lipinski definition) is 2. The van der Waals surface area contributed by atoms with Gasteiger partial charge in [-0.1, -0.05) is 19.1 Å². The topological polar surface area (TPSA) is 67.6 Å². The summed E-state index contributed by atoms with van der Waals surface area (Å²) in [6, 6.07) is 7.99. The molecular weight excluding hydrogens is 325 g/mol. The van der Waals surface area contributed by atoms with Gasteiger partial charge in [0, 0.05) is 37.8 Å². The van der Waals surface area contributed by atoms with Gasteiger partial charge in [0.25, 0.3) is 0 Å². The number of benzene rings is 1. The van der Waals surface area contributed by atoms with Crippen LogP contribution in [-0.4, -0.2) is 43.7 Å². The van der Waals surface area contributed by atoms with Crippen molar-refractivity contribution < 1.29 is 9.53 Å². The van der Waals surface area contributed by atoms with E-state index in [4.69, 9.17) is 10.5 Å². The molecule has 1 aromatic rings. The number of anilines is 1. The van der Waals surface area contributed by atoms with Gasteiger partial charge in [0.2, 0.25) is 5.91 Å². The summed E-state index contributed by atoms with van der Waals surface area (Å²) in [7, 11) is 0. The molecule has 2 rings (SSSR count). The molecule has 7 heteroatoms. The van der Waals surface area contributed by atoms with E-state index < -0.39 is 0 Å². The highest BCUT2D eigenvalue weighted by atomic mass is 35.5. The Hall–Kier alpha value is -0.850. The maximum atomic E-state index is 11.7. The maximum Gasteiger partial charge on any atom is 0.228 e. The summed E-state index contributed by atoms with van der Waals surface area (Å²) in [5.41, 5.74) is 7.55. The number of carbonyl (C=O) groups is 1. The zero-order valence-corrected chi connectivity index (χ0v) is 14.4. The Morgan fingerprint density at radius 2 is 1.86 bits per heavy atom. The van der Waals surface area contributed by atoms with E-state index in [0.717, 1.165) is 38.5 Å². The third-order valence-electron chi connectivity index (χ3n) is 3.53. The average molecular weight is 350 g/mol. The first-order valence-corrected chi connectivity index (χ1v) is 7.09. The molecule has 1 aliphatic rings. The Morgan fingerprint density at radius 1 is 1.27 bits per heavy atom. The largest absolute Gasteiger partial charge is 0.379 e. The molecule has 1 aliphatic heterocycles. The fourth-order valence-corrected chi connectivity index (χ4v) is 2.08. The van der Waals surface area contributed by atoms with Crippen LogP contribution in [0.1, 0.15) is 12.5 Å². The molecule has 1 atom stereocenters. The van der Waals surface area contributed by atoms with E-state index in [9.17, 15) is 4.79 Å². The van der Waals surface area contributed by atoms with Gasteiger partial charge in [-0.2, -0.15) is 0 Å². The number of amides is 1. The maximum absolute atomic E-state index is 11.7. The minimum atomic E-state index is -0.164. The third-order valence-corrected chi connectivity index (χ3v) is 3.53. The van der Waals surface area contributed by atoms with Crippen LogP contribution in [0.2, 0.25) is 0 Å². The van der Waals surface area contributed by atoms with E-state index in [1.807, 2.05) is 19.1 Å². The quantitative estimate of drug-likeness (QED) is 0.851. The van der Waals surface area contributed by atoms with Crippen LogP contribution in [0.15, 0.2) is 24.3 Å². The van der Waals surface area contributed by atoms with Crippen molar-refractivity contribution in [2.45, 2.75) is 13.5 Å². The standard InChI is InChI=1S/C15H23N3O2.2ClH/c1-12(10-16)15(19)17-14-4-2-13(3-5-14)11-18-6-8-20-9-7-18;;/h2-5,12H,6-11,16H2,1H3,(H,17,19);2*1H. The van der Waals surface area contributed by atoms with E-state index >= 15 is 0 Å². The summed E-state index contributed by atoms with van der Waals surface area (Å²) in [6.45, 7) is 6.69. The molecule has 0 spiro atoms. The number of rotatable bonds is 5. The monoisotopic (exact) mass is 349 g/mol. The van der Waals surface area contributed by atoms with Crippen LogP contribution >= 0.6 is 24.8 Å². The molecule has 22 heavy (non-hydrogen) atoms. The lowest BCUT2D eigenvalue weighted by molar-refractivity contribution is -0.119. The number of halogens is 2. The number of carbonyl (C=O) groups excluding carboxylic acids is 1. The van der Waals surface area contributed by atoms with Crippen LogP contribution in [0.25, 0.3) is 0 Å². The number of ether oxygens (including phenoxy) is 1. The second-order valence-electron chi connectivity index (χ2n) is 5.21. The van der Waals surface area contributed by atoms with E-state index in [0.29, 0.717) is 6.54 Å². The van der Waals surface area contributed by atoms with Gasteiger partial charge in [-0.15, -0.1) is 24.8 Å². The lowest BCUT2D eigenvalue weighted by Crippen LogP contribution is -2.35. The van der Waals surface area contributed by atoms with Crippen molar-refractivity contribution in [1.29, 1.82) is 0 Å². The highest BCUT2D eigenvalue weighted by Gasteiger charge is 2.12. The number of nitrogens with two attached hydrogens (primary N) is 1. The SMILES string of the molecule is CC(CN)C(=O)Nc1ccc(CN2CCOCC2)cc1.Cl.Cl. The molecule has 0 saturated carbocycles. The zero-order valence-electron chi connectivity index (χ0n) is 12.8. The number of hydrogen-bond acceptors (Lipinski definition) is 4. The Labute approximate surface area is 144 Å². The molecular formula is C15H25Cl2N3O2. The molecule has 3 N–H and O–H groups in total. The lowest BCUT2D eigenvalue weighted by atomic mass is 10.1. The molecule has 1 unspecified atom stereocenters. The molecule has 126 valence electrons.